The van der Waals surface area contributed by atoms with Crippen molar-refractivity contribution in [2.75, 3.05) is 30.2 Å². The SMILES string of the molecule is CC(=O)Nc1cccc(-c2cc(Cl)sc2S(=O)(=O)Nc2ccc(C(F)(F)F)c(OC3CCN(C)C3)c2)c1. The molecule has 198 valence electrons. The van der Waals surface area contributed by atoms with Gasteiger partial charge in [0.05, 0.1) is 15.6 Å². The summed E-state index contributed by atoms with van der Waals surface area (Å²) in [6.07, 6.45) is -4.57. The van der Waals surface area contributed by atoms with E-state index in [1.54, 1.807) is 24.3 Å². The number of nitrogens with one attached hydrogen (secondary N) is 2. The molecule has 2 aromatic carbocycles. The van der Waals surface area contributed by atoms with Gasteiger partial charge in [0, 0.05) is 37.3 Å². The second-order valence-corrected chi connectivity index (χ2v) is 12.2. The van der Waals surface area contributed by atoms with E-state index in [1.807, 2.05) is 11.9 Å². The first-order chi connectivity index (χ1) is 17.3. The van der Waals surface area contributed by atoms with Crippen LogP contribution in [0.3, 0.4) is 0 Å². The molecule has 1 aliphatic rings. The van der Waals surface area contributed by atoms with Crippen molar-refractivity contribution in [1.82, 2.24) is 4.90 Å². The molecule has 1 saturated heterocycles. The van der Waals surface area contributed by atoms with Crippen LogP contribution in [0.4, 0.5) is 24.5 Å². The molecule has 1 aromatic heterocycles. The molecule has 4 rings (SSSR count). The Balaban J connectivity index is 1.67. The Labute approximate surface area is 221 Å². The normalized spacial score (nSPS) is 16.5. The van der Waals surface area contributed by atoms with E-state index in [-0.39, 0.29) is 25.7 Å². The Morgan fingerprint density at radius 1 is 1.16 bits per heavy atom. The molecule has 1 aliphatic heterocycles. The van der Waals surface area contributed by atoms with Gasteiger partial charge in [0.15, 0.2) is 0 Å². The van der Waals surface area contributed by atoms with Crippen LogP contribution in [0.5, 0.6) is 5.75 Å². The third-order valence-electron chi connectivity index (χ3n) is 5.59. The van der Waals surface area contributed by atoms with Crippen molar-refractivity contribution in [3.05, 3.63) is 58.4 Å². The van der Waals surface area contributed by atoms with Crippen molar-refractivity contribution in [2.45, 2.75) is 29.8 Å². The highest BCUT2D eigenvalue weighted by Crippen LogP contribution is 2.41. The number of amides is 1. The number of nitrogens with zero attached hydrogens (tertiary/aromatic N) is 1. The number of carbonyl (C=O) groups excluding carboxylic acids is 1. The van der Waals surface area contributed by atoms with E-state index in [4.69, 9.17) is 16.3 Å². The molecule has 0 bridgehead atoms. The lowest BCUT2D eigenvalue weighted by Gasteiger charge is -2.19. The zero-order valence-corrected chi connectivity index (χ0v) is 22.1. The maximum atomic E-state index is 13.6. The lowest BCUT2D eigenvalue weighted by Crippen LogP contribution is -2.23. The molecule has 37 heavy (non-hydrogen) atoms. The largest absolute Gasteiger partial charge is 0.488 e. The van der Waals surface area contributed by atoms with Gasteiger partial charge in [0.25, 0.3) is 10.0 Å². The fraction of sp³-hybridized carbons (Fsp3) is 0.292. The Hall–Kier alpha value is -2.80. The average Bonchev–Trinajstić information content (AvgIpc) is 3.38. The first kappa shape index (κ1) is 27.2. The second kappa shape index (κ2) is 10.5. The number of carbonyl (C=O) groups is 1. The molecule has 1 fully saturated rings. The van der Waals surface area contributed by atoms with Crippen molar-refractivity contribution in [3.8, 4) is 16.9 Å². The number of anilines is 2. The molecule has 1 atom stereocenters. The maximum absolute atomic E-state index is 13.6. The number of hydrogen-bond donors (Lipinski definition) is 2. The van der Waals surface area contributed by atoms with Crippen molar-refractivity contribution in [3.63, 3.8) is 0 Å². The predicted octanol–water partition coefficient (Wildman–Crippen LogP) is 5.93. The van der Waals surface area contributed by atoms with Gasteiger partial charge in [-0.3, -0.25) is 9.52 Å². The van der Waals surface area contributed by atoms with Crippen molar-refractivity contribution in [1.29, 1.82) is 0 Å². The molecule has 7 nitrogen and oxygen atoms in total. The van der Waals surface area contributed by atoms with Gasteiger partial charge < -0.3 is 15.0 Å². The molecule has 0 saturated carbocycles. The molecular formula is C24H23ClF3N3O4S2. The van der Waals surface area contributed by atoms with Gasteiger partial charge in [-0.25, -0.2) is 8.42 Å². The third kappa shape index (κ3) is 6.56. The summed E-state index contributed by atoms with van der Waals surface area (Å²) in [5, 5.41) is 2.63. The topological polar surface area (TPSA) is 87.7 Å². The van der Waals surface area contributed by atoms with Gasteiger partial charge in [-0.15, -0.1) is 11.3 Å². The minimum Gasteiger partial charge on any atom is -0.488 e. The summed E-state index contributed by atoms with van der Waals surface area (Å²) in [7, 11) is -2.42. The fourth-order valence-corrected chi connectivity index (χ4v) is 6.95. The highest BCUT2D eigenvalue weighted by atomic mass is 35.5. The van der Waals surface area contributed by atoms with Gasteiger partial charge in [0.2, 0.25) is 5.91 Å². The number of rotatable bonds is 7. The molecule has 1 unspecified atom stereocenters. The highest BCUT2D eigenvalue weighted by molar-refractivity contribution is 7.94. The summed E-state index contributed by atoms with van der Waals surface area (Å²) in [6, 6.07) is 10.9. The van der Waals surface area contributed by atoms with Crippen LogP contribution in [0.2, 0.25) is 4.34 Å². The zero-order chi connectivity index (χ0) is 27.0. The molecule has 0 radical (unpaired) electrons. The summed E-state index contributed by atoms with van der Waals surface area (Å²) < 4.78 is 75.6. The molecule has 1 amide bonds. The lowest BCUT2D eigenvalue weighted by atomic mass is 10.1. The monoisotopic (exact) mass is 573 g/mol. The maximum Gasteiger partial charge on any atom is 0.419 e. The van der Waals surface area contributed by atoms with Crippen LogP contribution in [-0.4, -0.2) is 45.5 Å². The number of alkyl halides is 3. The quantitative estimate of drug-likeness (QED) is 0.366. The summed E-state index contributed by atoms with van der Waals surface area (Å²) >= 11 is 6.96. The zero-order valence-electron chi connectivity index (χ0n) is 19.7. The number of likely N-dealkylation sites (tertiary alicyclic amines) is 1. The van der Waals surface area contributed by atoms with Gasteiger partial charge in [-0.1, -0.05) is 23.7 Å². The van der Waals surface area contributed by atoms with E-state index in [0.29, 0.717) is 30.8 Å². The van der Waals surface area contributed by atoms with E-state index in [9.17, 15) is 26.4 Å². The summed E-state index contributed by atoms with van der Waals surface area (Å²) in [6.45, 7) is 2.49. The standard InChI is InChI=1S/C24H23ClF3N3O4S2/c1-14(32)29-16-5-3-4-15(10-16)19-12-22(25)36-23(19)37(33,34)30-17-6-7-20(24(26,27)28)21(11-17)35-18-8-9-31(2)13-18/h3-7,10-12,18,30H,8-9,13H2,1-2H3,(H,29,32). The van der Waals surface area contributed by atoms with Gasteiger partial charge >= 0.3 is 6.18 Å². The first-order valence-corrected chi connectivity index (χ1v) is 13.8. The lowest BCUT2D eigenvalue weighted by molar-refractivity contribution is -0.139. The van der Waals surface area contributed by atoms with Crippen LogP contribution in [0.1, 0.15) is 18.9 Å². The van der Waals surface area contributed by atoms with Gasteiger partial charge in [-0.05, 0) is 49.4 Å². The Morgan fingerprint density at radius 3 is 2.57 bits per heavy atom. The number of halogens is 4. The summed E-state index contributed by atoms with van der Waals surface area (Å²) in [4.78, 5) is 13.4. The van der Waals surface area contributed by atoms with E-state index in [2.05, 4.69) is 10.0 Å². The molecule has 0 aliphatic carbocycles. The number of hydrogen-bond acceptors (Lipinski definition) is 6. The minimum absolute atomic E-state index is 0.0863. The molecule has 13 heteroatoms. The number of ether oxygens (including phenoxy) is 1. The van der Waals surface area contributed by atoms with Crippen molar-refractivity contribution < 1.29 is 31.1 Å². The van der Waals surface area contributed by atoms with Gasteiger partial charge in [0.1, 0.15) is 16.1 Å². The highest BCUT2D eigenvalue weighted by Gasteiger charge is 2.36. The first-order valence-electron chi connectivity index (χ1n) is 11.1. The minimum atomic E-state index is -4.68. The van der Waals surface area contributed by atoms with Crippen LogP contribution >= 0.6 is 22.9 Å². The van der Waals surface area contributed by atoms with Crippen molar-refractivity contribution in [2.24, 2.45) is 0 Å². The smallest absolute Gasteiger partial charge is 0.419 e. The van der Waals surface area contributed by atoms with E-state index >= 15 is 0 Å². The number of benzene rings is 2. The number of thiophene rings is 1. The second-order valence-electron chi connectivity index (χ2n) is 8.62. The Morgan fingerprint density at radius 2 is 1.92 bits per heavy atom. The van der Waals surface area contributed by atoms with Gasteiger partial charge in [-0.2, -0.15) is 13.2 Å². The molecule has 2 heterocycles. The third-order valence-corrected chi connectivity index (χ3v) is 8.77. The van der Waals surface area contributed by atoms with Crippen LogP contribution in [-0.2, 0) is 21.0 Å². The average molecular weight is 574 g/mol. The number of likely N-dealkylation sites (N-methyl/N-ethyl adjacent to an activating group) is 1. The van der Waals surface area contributed by atoms with Crippen LogP contribution in [0.25, 0.3) is 11.1 Å². The van der Waals surface area contributed by atoms with Crippen LogP contribution < -0.4 is 14.8 Å². The predicted molar refractivity (Wildman–Crippen MR) is 138 cm³/mol. The Bertz CT molecular complexity index is 1430. The Kier molecular flexibility index (Phi) is 7.75. The molecule has 0 spiro atoms. The number of sulfonamides is 1. The van der Waals surface area contributed by atoms with E-state index in [0.717, 1.165) is 29.5 Å². The molecular weight excluding hydrogens is 551 g/mol. The molecule has 2 N–H and O–H groups in total. The van der Waals surface area contributed by atoms with E-state index in [1.165, 1.54) is 13.0 Å². The fourth-order valence-electron chi connectivity index (χ4n) is 4.00. The molecule has 3 aromatic rings. The summed E-state index contributed by atoms with van der Waals surface area (Å²) in [5.74, 6) is -0.736. The van der Waals surface area contributed by atoms with Crippen LogP contribution in [0, 0.1) is 0 Å². The van der Waals surface area contributed by atoms with Crippen molar-refractivity contribution >= 4 is 50.2 Å². The van der Waals surface area contributed by atoms with E-state index < -0.39 is 33.6 Å². The summed E-state index contributed by atoms with van der Waals surface area (Å²) in [5.41, 5.74) is 0.158. The van der Waals surface area contributed by atoms with Crippen LogP contribution in [0.15, 0.2) is 52.7 Å².